The molecule has 4 heteroatoms. The summed E-state index contributed by atoms with van der Waals surface area (Å²) in [5, 5.41) is 9.22. The van der Waals surface area contributed by atoms with Crippen molar-refractivity contribution in [3.63, 3.8) is 0 Å². The molecule has 0 heterocycles. The molecule has 1 aliphatic carbocycles. The molecule has 1 N–H and O–H groups in total. The Balaban J connectivity index is 1.84. The van der Waals surface area contributed by atoms with Crippen molar-refractivity contribution in [2.24, 2.45) is 5.92 Å². The summed E-state index contributed by atoms with van der Waals surface area (Å²) in [6.07, 6.45) is 2.54. The van der Waals surface area contributed by atoms with Crippen LogP contribution >= 0.6 is 0 Å². The summed E-state index contributed by atoms with van der Waals surface area (Å²) in [6, 6.07) is 5.34. The minimum absolute atomic E-state index is 0.0742. The molecule has 0 bridgehead atoms. The van der Waals surface area contributed by atoms with Crippen LogP contribution in [-0.4, -0.2) is 25.6 Å². The second kappa shape index (κ2) is 5.89. The molecule has 0 amide bonds. The maximum Gasteiger partial charge on any atom is 0.189 e. The molecule has 1 aliphatic rings. The monoisotopic (exact) mass is 238 g/mol. The van der Waals surface area contributed by atoms with Crippen LogP contribution in [0.4, 0.5) is 0 Å². The van der Waals surface area contributed by atoms with Gasteiger partial charge in [-0.1, -0.05) is 0 Å². The second-order valence-corrected chi connectivity index (χ2v) is 4.21. The van der Waals surface area contributed by atoms with Crippen LogP contribution in [0.25, 0.3) is 0 Å². The molecule has 0 saturated heterocycles. The summed E-state index contributed by atoms with van der Waals surface area (Å²) in [4.78, 5) is 0. The molecule has 1 aromatic rings. The molecule has 0 aromatic heterocycles. The number of benzene rings is 1. The van der Waals surface area contributed by atoms with E-state index in [1.54, 1.807) is 25.3 Å². The Morgan fingerprint density at radius 3 is 2.82 bits per heavy atom. The van der Waals surface area contributed by atoms with Gasteiger partial charge in [-0.15, -0.1) is 0 Å². The topological polar surface area (TPSA) is 47.9 Å². The van der Waals surface area contributed by atoms with Crippen LogP contribution < -0.4 is 9.47 Å². The molecule has 94 valence electrons. The highest BCUT2D eigenvalue weighted by Crippen LogP contribution is 2.29. The highest BCUT2D eigenvalue weighted by molar-refractivity contribution is 5.39. The lowest BCUT2D eigenvalue weighted by atomic mass is 10.2. The Kier molecular flexibility index (Phi) is 4.23. The number of rotatable bonds is 7. The fourth-order valence-electron chi connectivity index (χ4n) is 1.55. The third-order valence-corrected chi connectivity index (χ3v) is 2.79. The summed E-state index contributed by atoms with van der Waals surface area (Å²) >= 11 is 0. The van der Waals surface area contributed by atoms with Gasteiger partial charge in [0.2, 0.25) is 0 Å². The molecular formula is C13H18O4. The summed E-state index contributed by atoms with van der Waals surface area (Å²) in [6.45, 7) is 0.926. The van der Waals surface area contributed by atoms with Gasteiger partial charge >= 0.3 is 0 Å². The van der Waals surface area contributed by atoms with Gasteiger partial charge in [0.25, 0.3) is 0 Å². The van der Waals surface area contributed by atoms with Crippen LogP contribution in [0.1, 0.15) is 18.4 Å². The van der Waals surface area contributed by atoms with Crippen LogP contribution in [0.2, 0.25) is 0 Å². The second-order valence-electron chi connectivity index (χ2n) is 4.21. The Morgan fingerprint density at radius 2 is 2.18 bits per heavy atom. The normalized spacial score (nSPS) is 14.7. The Labute approximate surface area is 101 Å². The van der Waals surface area contributed by atoms with Crippen molar-refractivity contribution < 1.29 is 19.3 Å². The zero-order chi connectivity index (χ0) is 12.1. The maximum atomic E-state index is 9.22. The molecular weight excluding hydrogens is 220 g/mol. The highest BCUT2D eigenvalue weighted by Gasteiger charge is 2.21. The van der Waals surface area contributed by atoms with Gasteiger partial charge in [0.15, 0.2) is 6.79 Å². The number of hydrogen-bond donors (Lipinski definition) is 1. The SMILES string of the molecule is COc1ccc(OCOCC2CC2)c(CO)c1. The predicted molar refractivity (Wildman–Crippen MR) is 63.1 cm³/mol. The summed E-state index contributed by atoms with van der Waals surface area (Å²) < 4.78 is 15.9. The first-order valence-corrected chi connectivity index (χ1v) is 5.82. The molecule has 1 fully saturated rings. The van der Waals surface area contributed by atoms with E-state index in [9.17, 15) is 5.11 Å². The Hall–Kier alpha value is -1.26. The van der Waals surface area contributed by atoms with E-state index in [-0.39, 0.29) is 13.4 Å². The van der Waals surface area contributed by atoms with Gasteiger partial charge in [0.1, 0.15) is 11.5 Å². The average molecular weight is 238 g/mol. The van der Waals surface area contributed by atoms with Crippen LogP contribution in [0.3, 0.4) is 0 Å². The van der Waals surface area contributed by atoms with Gasteiger partial charge in [-0.3, -0.25) is 0 Å². The summed E-state index contributed by atoms with van der Waals surface area (Å²) in [7, 11) is 1.59. The van der Waals surface area contributed by atoms with Crippen molar-refractivity contribution in [2.45, 2.75) is 19.4 Å². The predicted octanol–water partition coefficient (Wildman–Crippen LogP) is 1.95. The van der Waals surface area contributed by atoms with Gasteiger partial charge in [0.05, 0.1) is 20.3 Å². The maximum absolute atomic E-state index is 9.22. The van der Waals surface area contributed by atoms with E-state index in [4.69, 9.17) is 14.2 Å². The third kappa shape index (κ3) is 3.61. The van der Waals surface area contributed by atoms with Gasteiger partial charge in [-0.25, -0.2) is 0 Å². The van der Waals surface area contributed by atoms with E-state index >= 15 is 0 Å². The highest BCUT2D eigenvalue weighted by atomic mass is 16.7. The molecule has 17 heavy (non-hydrogen) atoms. The van der Waals surface area contributed by atoms with Crippen molar-refractivity contribution in [1.29, 1.82) is 0 Å². The number of aliphatic hydroxyl groups excluding tert-OH is 1. The van der Waals surface area contributed by atoms with Gasteiger partial charge in [-0.2, -0.15) is 0 Å². The van der Waals surface area contributed by atoms with Crippen LogP contribution in [-0.2, 0) is 11.3 Å². The summed E-state index contributed by atoms with van der Waals surface area (Å²) in [5.74, 6) is 2.08. The van der Waals surface area contributed by atoms with E-state index in [1.807, 2.05) is 0 Å². The van der Waals surface area contributed by atoms with Crippen LogP contribution in [0.5, 0.6) is 11.5 Å². The first kappa shape index (κ1) is 12.2. The van der Waals surface area contributed by atoms with Crippen LogP contribution in [0, 0.1) is 5.92 Å². The van der Waals surface area contributed by atoms with Crippen molar-refractivity contribution in [3.8, 4) is 11.5 Å². The lowest BCUT2D eigenvalue weighted by molar-refractivity contribution is 0.00888. The number of hydrogen-bond acceptors (Lipinski definition) is 4. The van der Waals surface area contributed by atoms with E-state index in [0.29, 0.717) is 17.1 Å². The zero-order valence-electron chi connectivity index (χ0n) is 10.0. The number of methoxy groups -OCH3 is 1. The molecule has 0 atom stereocenters. The molecule has 0 radical (unpaired) electrons. The summed E-state index contributed by atoms with van der Waals surface area (Å²) in [5.41, 5.74) is 0.708. The minimum Gasteiger partial charge on any atom is -0.497 e. The number of aliphatic hydroxyl groups is 1. The largest absolute Gasteiger partial charge is 0.497 e. The van der Waals surface area contributed by atoms with E-state index in [1.165, 1.54) is 12.8 Å². The van der Waals surface area contributed by atoms with Crippen molar-refractivity contribution in [1.82, 2.24) is 0 Å². The van der Waals surface area contributed by atoms with E-state index in [0.717, 1.165) is 12.5 Å². The molecule has 0 spiro atoms. The molecule has 0 unspecified atom stereocenters. The molecule has 2 rings (SSSR count). The molecule has 1 saturated carbocycles. The van der Waals surface area contributed by atoms with Crippen molar-refractivity contribution in [3.05, 3.63) is 23.8 Å². The first-order valence-electron chi connectivity index (χ1n) is 5.82. The van der Waals surface area contributed by atoms with E-state index in [2.05, 4.69) is 0 Å². The van der Waals surface area contributed by atoms with Crippen molar-refractivity contribution >= 4 is 0 Å². The smallest absolute Gasteiger partial charge is 0.189 e. The van der Waals surface area contributed by atoms with Gasteiger partial charge in [0, 0.05) is 5.56 Å². The first-order chi connectivity index (χ1) is 8.33. The third-order valence-electron chi connectivity index (χ3n) is 2.79. The minimum atomic E-state index is -0.0742. The Morgan fingerprint density at radius 1 is 1.35 bits per heavy atom. The molecule has 1 aromatic carbocycles. The van der Waals surface area contributed by atoms with E-state index < -0.39 is 0 Å². The molecule has 0 aliphatic heterocycles. The fraction of sp³-hybridized carbons (Fsp3) is 0.538. The zero-order valence-corrected chi connectivity index (χ0v) is 10.0. The molecule has 4 nitrogen and oxygen atoms in total. The van der Waals surface area contributed by atoms with Crippen LogP contribution in [0.15, 0.2) is 18.2 Å². The Bertz CT molecular complexity index is 360. The standard InChI is InChI=1S/C13H18O4/c1-15-12-4-5-13(11(6-12)7-14)17-9-16-8-10-2-3-10/h4-6,10,14H,2-3,7-9H2,1H3. The average Bonchev–Trinajstić information content (AvgIpc) is 3.18. The lowest BCUT2D eigenvalue weighted by Crippen LogP contribution is -2.06. The fourth-order valence-corrected chi connectivity index (χ4v) is 1.55. The van der Waals surface area contributed by atoms with Crippen molar-refractivity contribution in [2.75, 3.05) is 20.5 Å². The quantitative estimate of drug-likeness (QED) is 0.582. The van der Waals surface area contributed by atoms with Gasteiger partial charge < -0.3 is 19.3 Å². The number of ether oxygens (including phenoxy) is 3. The lowest BCUT2D eigenvalue weighted by Gasteiger charge is -2.11. The van der Waals surface area contributed by atoms with Gasteiger partial charge in [-0.05, 0) is 37.0 Å².